The normalized spacial score (nSPS) is 12.9. The van der Waals surface area contributed by atoms with Crippen LogP contribution in [-0.2, 0) is 14.3 Å². The van der Waals surface area contributed by atoms with Crippen molar-refractivity contribution in [2.24, 2.45) is 0 Å². The van der Waals surface area contributed by atoms with Gasteiger partial charge < -0.3 is 25.6 Å². The van der Waals surface area contributed by atoms with Gasteiger partial charge in [0, 0.05) is 11.6 Å². The standard InChI is InChI=1S/C25H21ClN2O6/c26-20-11-14(9-10-22(20)29)27-24(32)21(12-23(30)31)28-25(33)34-13-19-17-7-3-1-5-15(17)16-6-2-4-8-18(16)19/h1-11,19,21,29H,12-13H2,(H,27,32)(H,28,33)(H,30,31). The Labute approximate surface area is 200 Å². The average molecular weight is 481 g/mol. The molecule has 0 aliphatic heterocycles. The lowest BCUT2D eigenvalue weighted by Crippen LogP contribution is -2.45. The molecule has 0 saturated heterocycles. The molecule has 0 fully saturated rings. The number of aromatic hydroxyl groups is 1. The monoisotopic (exact) mass is 480 g/mol. The Morgan fingerprint density at radius 3 is 2.18 bits per heavy atom. The number of rotatable bonds is 7. The van der Waals surface area contributed by atoms with Gasteiger partial charge in [0.2, 0.25) is 5.91 Å². The number of ether oxygens (including phenoxy) is 1. The van der Waals surface area contributed by atoms with Crippen molar-refractivity contribution in [1.82, 2.24) is 5.32 Å². The number of nitrogens with one attached hydrogen (secondary N) is 2. The zero-order valence-corrected chi connectivity index (χ0v) is 18.6. The van der Waals surface area contributed by atoms with Crippen LogP contribution in [0.3, 0.4) is 0 Å². The van der Waals surface area contributed by atoms with Crippen molar-refractivity contribution in [3.8, 4) is 16.9 Å². The van der Waals surface area contributed by atoms with E-state index >= 15 is 0 Å². The van der Waals surface area contributed by atoms with Gasteiger partial charge in [-0.2, -0.15) is 0 Å². The third-order valence-corrected chi connectivity index (χ3v) is 5.85. The van der Waals surface area contributed by atoms with Crippen LogP contribution in [0.4, 0.5) is 10.5 Å². The van der Waals surface area contributed by atoms with E-state index in [-0.39, 0.29) is 29.0 Å². The van der Waals surface area contributed by atoms with Gasteiger partial charge in [-0.05, 0) is 40.5 Å². The van der Waals surface area contributed by atoms with Crippen LogP contribution in [0.25, 0.3) is 11.1 Å². The smallest absolute Gasteiger partial charge is 0.407 e. The van der Waals surface area contributed by atoms with E-state index in [0.29, 0.717) is 0 Å². The molecule has 0 bridgehead atoms. The number of halogens is 1. The molecule has 34 heavy (non-hydrogen) atoms. The Bertz CT molecular complexity index is 1220. The van der Waals surface area contributed by atoms with E-state index in [1.165, 1.54) is 18.2 Å². The number of aliphatic carboxylic acids is 1. The number of hydrogen-bond acceptors (Lipinski definition) is 5. The van der Waals surface area contributed by atoms with Crippen LogP contribution in [0.15, 0.2) is 66.7 Å². The quantitative estimate of drug-likeness (QED) is 0.372. The minimum atomic E-state index is -1.39. The van der Waals surface area contributed by atoms with Gasteiger partial charge in [-0.3, -0.25) is 9.59 Å². The second-order valence-corrected chi connectivity index (χ2v) is 8.18. The number of fused-ring (bicyclic) bond motifs is 3. The first-order chi connectivity index (χ1) is 16.3. The summed E-state index contributed by atoms with van der Waals surface area (Å²) in [7, 11) is 0. The molecular formula is C25H21ClN2O6. The highest BCUT2D eigenvalue weighted by atomic mass is 35.5. The zero-order chi connectivity index (χ0) is 24.2. The predicted octanol–water partition coefficient (Wildman–Crippen LogP) is 4.37. The minimum Gasteiger partial charge on any atom is -0.506 e. The maximum atomic E-state index is 12.6. The van der Waals surface area contributed by atoms with E-state index in [1.807, 2.05) is 48.5 Å². The summed E-state index contributed by atoms with van der Waals surface area (Å²) in [6.45, 7) is 0.0227. The molecule has 2 amide bonds. The molecule has 0 aromatic heterocycles. The van der Waals surface area contributed by atoms with Gasteiger partial charge in [-0.1, -0.05) is 60.1 Å². The van der Waals surface area contributed by atoms with Crippen molar-refractivity contribution >= 4 is 35.3 Å². The highest BCUT2D eigenvalue weighted by Gasteiger charge is 2.30. The van der Waals surface area contributed by atoms with Crippen LogP contribution in [-0.4, -0.2) is 40.8 Å². The number of carboxylic acids is 1. The maximum absolute atomic E-state index is 12.6. The Kier molecular flexibility index (Phi) is 6.70. The first kappa shape index (κ1) is 23.1. The van der Waals surface area contributed by atoms with Gasteiger partial charge in [0.05, 0.1) is 11.4 Å². The fourth-order valence-electron chi connectivity index (χ4n) is 3.98. The van der Waals surface area contributed by atoms with E-state index in [0.717, 1.165) is 22.3 Å². The summed E-state index contributed by atoms with van der Waals surface area (Å²) < 4.78 is 5.41. The molecule has 0 saturated carbocycles. The fraction of sp³-hybridized carbons (Fsp3) is 0.160. The highest BCUT2D eigenvalue weighted by Crippen LogP contribution is 2.44. The Balaban J connectivity index is 1.43. The van der Waals surface area contributed by atoms with Crippen LogP contribution in [0.2, 0.25) is 5.02 Å². The molecule has 0 heterocycles. The van der Waals surface area contributed by atoms with E-state index in [2.05, 4.69) is 10.6 Å². The molecule has 174 valence electrons. The number of carbonyl (C=O) groups is 3. The number of benzene rings is 3. The molecule has 3 aromatic carbocycles. The molecule has 8 nitrogen and oxygen atoms in total. The number of anilines is 1. The van der Waals surface area contributed by atoms with Crippen LogP contribution < -0.4 is 10.6 Å². The van der Waals surface area contributed by atoms with Gasteiger partial charge in [0.25, 0.3) is 0 Å². The van der Waals surface area contributed by atoms with E-state index in [9.17, 15) is 24.6 Å². The van der Waals surface area contributed by atoms with Crippen molar-refractivity contribution in [2.75, 3.05) is 11.9 Å². The van der Waals surface area contributed by atoms with Crippen LogP contribution >= 0.6 is 11.6 Å². The first-order valence-electron chi connectivity index (χ1n) is 10.5. The number of carbonyl (C=O) groups excluding carboxylic acids is 2. The van der Waals surface area contributed by atoms with E-state index < -0.39 is 30.4 Å². The summed E-state index contributed by atoms with van der Waals surface area (Å²) in [6.07, 6.45) is -1.56. The molecular weight excluding hydrogens is 460 g/mol. The van der Waals surface area contributed by atoms with Gasteiger partial charge in [0.1, 0.15) is 18.4 Å². The number of amides is 2. The largest absolute Gasteiger partial charge is 0.506 e. The number of phenolic OH excluding ortho intramolecular Hbond substituents is 1. The summed E-state index contributed by atoms with van der Waals surface area (Å²) >= 11 is 5.84. The fourth-order valence-corrected chi connectivity index (χ4v) is 4.16. The first-order valence-corrected chi connectivity index (χ1v) is 10.8. The third kappa shape index (κ3) is 4.97. The van der Waals surface area contributed by atoms with Crippen LogP contribution in [0.5, 0.6) is 5.75 Å². The maximum Gasteiger partial charge on any atom is 0.407 e. The third-order valence-electron chi connectivity index (χ3n) is 5.55. The summed E-state index contributed by atoms with van der Waals surface area (Å²) in [5, 5.41) is 23.5. The molecule has 1 unspecified atom stereocenters. The number of alkyl carbamates (subject to hydrolysis) is 1. The van der Waals surface area contributed by atoms with E-state index in [1.54, 1.807) is 0 Å². The van der Waals surface area contributed by atoms with Gasteiger partial charge in [-0.15, -0.1) is 0 Å². The second-order valence-electron chi connectivity index (χ2n) is 7.78. The molecule has 1 aliphatic carbocycles. The lowest BCUT2D eigenvalue weighted by molar-refractivity contribution is -0.139. The number of carboxylic acid groups (broad SMARTS) is 1. The number of hydrogen-bond donors (Lipinski definition) is 4. The molecule has 0 radical (unpaired) electrons. The molecule has 0 spiro atoms. The summed E-state index contributed by atoms with van der Waals surface area (Å²) in [5.41, 5.74) is 4.43. The summed E-state index contributed by atoms with van der Waals surface area (Å²) in [6, 6.07) is 18.3. The van der Waals surface area contributed by atoms with Gasteiger partial charge in [-0.25, -0.2) is 4.79 Å². The van der Waals surface area contributed by atoms with Crippen molar-refractivity contribution in [3.05, 3.63) is 82.9 Å². The van der Waals surface area contributed by atoms with Crippen molar-refractivity contribution in [3.63, 3.8) is 0 Å². The van der Waals surface area contributed by atoms with Crippen LogP contribution in [0, 0.1) is 0 Å². The van der Waals surface area contributed by atoms with E-state index in [4.69, 9.17) is 16.3 Å². The molecule has 1 aliphatic rings. The molecule has 4 rings (SSSR count). The van der Waals surface area contributed by atoms with Crippen molar-refractivity contribution in [2.45, 2.75) is 18.4 Å². The molecule has 9 heteroatoms. The lowest BCUT2D eigenvalue weighted by atomic mass is 9.98. The van der Waals surface area contributed by atoms with Gasteiger partial charge in [0.15, 0.2) is 0 Å². The number of phenols is 1. The van der Waals surface area contributed by atoms with Gasteiger partial charge >= 0.3 is 12.1 Å². The summed E-state index contributed by atoms with van der Waals surface area (Å²) in [5.74, 6) is -2.39. The Hall–Kier alpha value is -4.04. The molecule has 1 atom stereocenters. The second kappa shape index (κ2) is 9.84. The van der Waals surface area contributed by atoms with Crippen molar-refractivity contribution < 1.29 is 29.3 Å². The lowest BCUT2D eigenvalue weighted by Gasteiger charge is -2.19. The van der Waals surface area contributed by atoms with Crippen molar-refractivity contribution in [1.29, 1.82) is 0 Å². The SMILES string of the molecule is O=C(O)CC(NC(=O)OCC1c2ccccc2-c2ccccc21)C(=O)Nc1ccc(O)c(Cl)c1. The van der Waals surface area contributed by atoms with Crippen LogP contribution in [0.1, 0.15) is 23.5 Å². The minimum absolute atomic E-state index is 0.0112. The predicted molar refractivity (Wildman–Crippen MR) is 126 cm³/mol. The highest BCUT2D eigenvalue weighted by molar-refractivity contribution is 6.32. The average Bonchev–Trinajstić information content (AvgIpc) is 3.13. The Morgan fingerprint density at radius 2 is 1.59 bits per heavy atom. The molecule has 3 aromatic rings. The summed E-state index contributed by atoms with van der Waals surface area (Å²) in [4.78, 5) is 36.4. The topological polar surface area (TPSA) is 125 Å². The Morgan fingerprint density at radius 1 is 0.971 bits per heavy atom. The molecule has 4 N–H and O–H groups in total. The zero-order valence-electron chi connectivity index (χ0n) is 17.8.